The van der Waals surface area contributed by atoms with E-state index < -0.39 is 4.92 Å². The predicted molar refractivity (Wildman–Crippen MR) is 160 cm³/mol. The molecular weight excluding hydrogens is 532 g/mol. The summed E-state index contributed by atoms with van der Waals surface area (Å²) >= 11 is 0. The zero-order valence-corrected chi connectivity index (χ0v) is 23.3. The Morgan fingerprint density at radius 2 is 1.52 bits per heavy atom. The van der Waals surface area contributed by atoms with Crippen LogP contribution in [0.3, 0.4) is 0 Å². The number of aromatic nitrogens is 2. The molecule has 1 amide bonds. The number of nitrogens with one attached hydrogen (secondary N) is 1. The third kappa shape index (κ3) is 6.15. The third-order valence-electron chi connectivity index (χ3n) is 7.05. The fraction of sp³-hybridized carbons (Fsp3) is 0.152. The molecule has 212 valence electrons. The molecule has 42 heavy (non-hydrogen) atoms. The van der Waals surface area contributed by atoms with E-state index in [-0.39, 0.29) is 23.2 Å². The maximum atomic E-state index is 13.6. The molecule has 1 aromatic heterocycles. The Morgan fingerprint density at radius 1 is 0.881 bits per heavy atom. The van der Waals surface area contributed by atoms with Gasteiger partial charge in [-0.3, -0.25) is 14.9 Å². The lowest BCUT2D eigenvalue weighted by atomic mass is 9.88. The molecule has 9 nitrogen and oxygen atoms in total. The topological polar surface area (TPSA) is 109 Å². The van der Waals surface area contributed by atoms with Crippen LogP contribution in [0.1, 0.15) is 34.0 Å². The summed E-state index contributed by atoms with van der Waals surface area (Å²) in [6.07, 6.45) is 0.685. The molecule has 0 saturated carbocycles. The fourth-order valence-corrected chi connectivity index (χ4v) is 4.91. The Hall–Kier alpha value is -5.44. The van der Waals surface area contributed by atoms with Crippen LogP contribution in [0.2, 0.25) is 0 Å². The van der Waals surface area contributed by atoms with Gasteiger partial charge in [0.1, 0.15) is 17.2 Å². The van der Waals surface area contributed by atoms with Crippen molar-refractivity contribution in [3.63, 3.8) is 0 Å². The van der Waals surface area contributed by atoms with E-state index in [0.29, 0.717) is 41.4 Å². The molecule has 1 N–H and O–H groups in total. The van der Waals surface area contributed by atoms with E-state index in [0.717, 1.165) is 0 Å². The van der Waals surface area contributed by atoms with Crippen molar-refractivity contribution in [1.29, 1.82) is 0 Å². The zero-order chi connectivity index (χ0) is 29.5. The van der Waals surface area contributed by atoms with Gasteiger partial charge >= 0.3 is 0 Å². The minimum absolute atomic E-state index is 0.0539. The second-order valence-electron chi connectivity index (χ2n) is 9.58. The Labute approximate surface area is 243 Å². The standard InChI is InChI=1S/C33H30N4O5/c1-41-27-17-18-29(32(21-27)42-2)30-22-31(36(35-30)25-13-15-26(16-14-25)37(39)40)33(38)34-20-19-28(23-9-5-3-6-10-23)24-11-7-4-8-12-24/h3-18,21-22,28H,19-20H2,1-2H3,(H,34,38). The van der Waals surface area contributed by atoms with Gasteiger partial charge in [0, 0.05) is 36.2 Å². The number of ether oxygens (including phenoxy) is 2. The lowest BCUT2D eigenvalue weighted by Crippen LogP contribution is -2.28. The normalized spacial score (nSPS) is 10.8. The van der Waals surface area contributed by atoms with E-state index >= 15 is 0 Å². The number of rotatable bonds is 11. The molecule has 9 heteroatoms. The van der Waals surface area contributed by atoms with Crippen LogP contribution in [-0.4, -0.2) is 41.4 Å². The van der Waals surface area contributed by atoms with E-state index in [1.54, 1.807) is 44.6 Å². The molecule has 0 radical (unpaired) electrons. The number of non-ortho nitro benzene ring substituents is 1. The number of amides is 1. The van der Waals surface area contributed by atoms with Crippen LogP contribution < -0.4 is 14.8 Å². The van der Waals surface area contributed by atoms with E-state index in [1.165, 1.54) is 27.9 Å². The summed E-state index contributed by atoms with van der Waals surface area (Å²) in [4.78, 5) is 24.4. The molecular formula is C33H30N4O5. The maximum absolute atomic E-state index is 13.6. The molecule has 4 aromatic carbocycles. The first kappa shape index (κ1) is 28.1. The van der Waals surface area contributed by atoms with Crippen molar-refractivity contribution in [2.45, 2.75) is 12.3 Å². The molecule has 5 aromatic rings. The number of methoxy groups -OCH3 is 2. The van der Waals surface area contributed by atoms with Crippen molar-refractivity contribution in [1.82, 2.24) is 15.1 Å². The number of nitrogens with zero attached hydrogens (tertiary/aromatic N) is 3. The lowest BCUT2D eigenvalue weighted by Gasteiger charge is -2.18. The van der Waals surface area contributed by atoms with E-state index in [4.69, 9.17) is 14.6 Å². The summed E-state index contributed by atoms with van der Waals surface area (Å²) in [5.74, 6) is 0.934. The largest absolute Gasteiger partial charge is 0.497 e. The van der Waals surface area contributed by atoms with Gasteiger partial charge in [-0.25, -0.2) is 4.68 Å². The van der Waals surface area contributed by atoms with Crippen LogP contribution in [0, 0.1) is 10.1 Å². The lowest BCUT2D eigenvalue weighted by molar-refractivity contribution is -0.384. The highest BCUT2D eigenvalue weighted by molar-refractivity contribution is 5.94. The number of carbonyl (C=O) groups excluding carboxylic acids is 1. The molecule has 0 bridgehead atoms. The molecule has 1 heterocycles. The minimum atomic E-state index is -0.468. The van der Waals surface area contributed by atoms with Gasteiger partial charge in [0.2, 0.25) is 0 Å². The highest BCUT2D eigenvalue weighted by Crippen LogP contribution is 2.34. The van der Waals surface area contributed by atoms with Gasteiger partial charge in [-0.05, 0) is 47.9 Å². The van der Waals surface area contributed by atoms with E-state index in [2.05, 4.69) is 29.6 Å². The first-order valence-electron chi connectivity index (χ1n) is 13.4. The number of hydrogen-bond acceptors (Lipinski definition) is 6. The van der Waals surface area contributed by atoms with Crippen molar-refractivity contribution < 1.29 is 19.2 Å². The van der Waals surface area contributed by atoms with Crippen LogP contribution >= 0.6 is 0 Å². The van der Waals surface area contributed by atoms with Gasteiger partial charge in [0.05, 0.1) is 30.5 Å². The molecule has 0 spiro atoms. The quantitative estimate of drug-likeness (QED) is 0.147. The van der Waals surface area contributed by atoms with Crippen molar-refractivity contribution in [3.05, 3.63) is 136 Å². The number of nitro benzene ring substituents is 1. The summed E-state index contributed by atoms with van der Waals surface area (Å²) < 4.78 is 12.4. The zero-order valence-electron chi connectivity index (χ0n) is 23.3. The Balaban J connectivity index is 1.45. The summed E-state index contributed by atoms with van der Waals surface area (Å²) in [5.41, 5.74) is 4.25. The number of hydrogen-bond donors (Lipinski definition) is 1. The Morgan fingerprint density at radius 3 is 2.10 bits per heavy atom. The first-order valence-corrected chi connectivity index (χ1v) is 13.4. The smallest absolute Gasteiger partial charge is 0.270 e. The second-order valence-corrected chi connectivity index (χ2v) is 9.58. The fourth-order valence-electron chi connectivity index (χ4n) is 4.91. The molecule has 5 rings (SSSR count). The molecule has 0 atom stereocenters. The SMILES string of the molecule is COc1ccc(-c2cc(C(=O)NCCC(c3ccccc3)c3ccccc3)n(-c3ccc([N+](=O)[O-])cc3)n2)c(OC)c1. The van der Waals surface area contributed by atoms with E-state index in [9.17, 15) is 14.9 Å². The molecule has 0 unspecified atom stereocenters. The third-order valence-corrected chi connectivity index (χ3v) is 7.05. The predicted octanol–water partition coefficient (Wildman–Crippen LogP) is 6.42. The van der Waals surface area contributed by atoms with Crippen molar-refractivity contribution in [2.75, 3.05) is 20.8 Å². The van der Waals surface area contributed by atoms with Gasteiger partial charge in [0.15, 0.2) is 0 Å². The average Bonchev–Trinajstić information content (AvgIpc) is 3.49. The summed E-state index contributed by atoms with van der Waals surface area (Å²) in [6, 6.07) is 33.4. The average molecular weight is 563 g/mol. The monoisotopic (exact) mass is 562 g/mol. The first-order chi connectivity index (χ1) is 20.5. The van der Waals surface area contributed by atoms with Crippen LogP contribution in [0.25, 0.3) is 16.9 Å². The molecule has 0 saturated heterocycles. The molecule has 0 aliphatic heterocycles. The van der Waals surface area contributed by atoms with Gasteiger partial charge in [0.25, 0.3) is 11.6 Å². The molecule has 0 aliphatic carbocycles. The minimum Gasteiger partial charge on any atom is -0.497 e. The van der Waals surface area contributed by atoms with Gasteiger partial charge in [-0.15, -0.1) is 0 Å². The Kier molecular flexibility index (Phi) is 8.58. The Bertz CT molecular complexity index is 1630. The van der Waals surface area contributed by atoms with Gasteiger partial charge in [-0.2, -0.15) is 5.10 Å². The summed E-state index contributed by atoms with van der Waals surface area (Å²) in [5, 5.41) is 19.0. The van der Waals surface area contributed by atoms with Crippen LogP contribution in [0.15, 0.2) is 109 Å². The number of benzene rings is 4. The highest BCUT2D eigenvalue weighted by Gasteiger charge is 2.21. The van der Waals surface area contributed by atoms with Crippen molar-refractivity contribution >= 4 is 11.6 Å². The van der Waals surface area contributed by atoms with Crippen molar-refractivity contribution in [3.8, 4) is 28.4 Å². The van der Waals surface area contributed by atoms with Gasteiger partial charge < -0.3 is 14.8 Å². The molecule has 0 aliphatic rings. The second kappa shape index (κ2) is 12.8. The number of nitro groups is 1. The van der Waals surface area contributed by atoms with Crippen LogP contribution in [-0.2, 0) is 0 Å². The van der Waals surface area contributed by atoms with E-state index in [1.807, 2.05) is 42.5 Å². The highest BCUT2D eigenvalue weighted by atomic mass is 16.6. The van der Waals surface area contributed by atoms with Gasteiger partial charge in [-0.1, -0.05) is 60.7 Å². The maximum Gasteiger partial charge on any atom is 0.270 e. The summed E-state index contributed by atoms with van der Waals surface area (Å²) in [6.45, 7) is 0.417. The number of carbonyl (C=O) groups is 1. The van der Waals surface area contributed by atoms with Crippen LogP contribution in [0.4, 0.5) is 5.69 Å². The van der Waals surface area contributed by atoms with Crippen molar-refractivity contribution in [2.24, 2.45) is 0 Å². The molecule has 0 fully saturated rings. The summed E-state index contributed by atoms with van der Waals surface area (Å²) in [7, 11) is 3.12. The van der Waals surface area contributed by atoms with Crippen LogP contribution in [0.5, 0.6) is 11.5 Å².